The van der Waals surface area contributed by atoms with E-state index in [9.17, 15) is 25.5 Å². The molecule has 2 unspecified atom stereocenters. The lowest BCUT2D eigenvalue weighted by molar-refractivity contribution is -0.186. The van der Waals surface area contributed by atoms with E-state index in [1.54, 1.807) is 18.2 Å². The fourth-order valence-electron chi connectivity index (χ4n) is 9.96. The Morgan fingerprint density at radius 3 is 2.32 bits per heavy atom. The van der Waals surface area contributed by atoms with Crippen molar-refractivity contribution >= 4 is 22.9 Å². The van der Waals surface area contributed by atoms with Crippen molar-refractivity contribution in [3.05, 3.63) is 88.0 Å². The molecule has 3 fully saturated rings. The zero-order valence-electron chi connectivity index (χ0n) is 31.3. The van der Waals surface area contributed by atoms with Gasteiger partial charge in [-0.1, -0.05) is 94.0 Å². The zero-order valence-corrected chi connectivity index (χ0v) is 31.3. The van der Waals surface area contributed by atoms with E-state index in [1.807, 2.05) is 12.1 Å². The van der Waals surface area contributed by atoms with Crippen molar-refractivity contribution in [2.45, 2.75) is 128 Å². The molecule has 2 aliphatic carbocycles. The van der Waals surface area contributed by atoms with E-state index in [2.05, 4.69) is 30.4 Å². The Labute approximate surface area is 314 Å². The molecule has 53 heavy (non-hydrogen) atoms. The summed E-state index contributed by atoms with van der Waals surface area (Å²) in [6, 6.07) is 16.9. The maximum Gasteiger partial charge on any atom is 0.169 e. The minimum atomic E-state index is -0.337. The monoisotopic (exact) mass is 719 g/mol. The summed E-state index contributed by atoms with van der Waals surface area (Å²) < 4.78 is 6.79. The minimum Gasteiger partial charge on any atom is -0.507 e. The average molecular weight is 720 g/mol. The van der Waals surface area contributed by atoms with Gasteiger partial charge >= 0.3 is 0 Å². The molecule has 0 bridgehead atoms. The van der Waals surface area contributed by atoms with Gasteiger partial charge in [-0.05, 0) is 121 Å². The van der Waals surface area contributed by atoms with Crippen LogP contribution < -0.4 is 5.32 Å². The second-order valence-electron chi connectivity index (χ2n) is 16.0. The van der Waals surface area contributed by atoms with Gasteiger partial charge in [-0.25, -0.2) is 0 Å². The topological polar surface area (TPSA) is 122 Å². The highest BCUT2D eigenvalue weighted by Crippen LogP contribution is 2.59. The molecule has 4 aromatic rings. The largest absolute Gasteiger partial charge is 0.507 e. The van der Waals surface area contributed by atoms with Gasteiger partial charge in [-0.15, -0.1) is 0 Å². The Bertz CT molecular complexity index is 1940. The third kappa shape index (κ3) is 7.61. The molecular formula is C46H57NO6. The molecule has 0 amide bonds. The standard InChI is InChI=1S/C46H57NO6/c1-2-3-4-10-33-27-31(13-17-34(33)30-47-35-21-26-53-46(29-35)25-8-7-24-45(46)22-5-6-23-45)15-19-38-36(18-14-32-16-20-39(48)41(50)28-32)37-11-9-12-40(49)42(37)44(52)43(38)51/h9,11-14,16-18,20,27-28,35,47-52H,2-8,10,15,19,21-26,29-30H2,1H3. The number of hydrogen-bond donors (Lipinski definition) is 6. The summed E-state index contributed by atoms with van der Waals surface area (Å²) in [7, 11) is 0. The lowest BCUT2D eigenvalue weighted by Crippen LogP contribution is -2.57. The van der Waals surface area contributed by atoms with Crippen LogP contribution in [0.5, 0.6) is 28.7 Å². The lowest BCUT2D eigenvalue weighted by Gasteiger charge is -2.55. The summed E-state index contributed by atoms with van der Waals surface area (Å²) in [4.78, 5) is 0. The summed E-state index contributed by atoms with van der Waals surface area (Å²) in [6.45, 7) is 3.94. The molecule has 1 aliphatic heterocycles. The van der Waals surface area contributed by atoms with Crippen LogP contribution in [0, 0.1) is 5.41 Å². The summed E-state index contributed by atoms with van der Waals surface area (Å²) in [6.07, 6.45) is 22.0. The second-order valence-corrected chi connectivity index (χ2v) is 16.0. The number of aromatic hydroxyl groups is 5. The smallest absolute Gasteiger partial charge is 0.169 e. The fourth-order valence-corrected chi connectivity index (χ4v) is 9.96. The van der Waals surface area contributed by atoms with Crippen LogP contribution in [-0.4, -0.2) is 43.8 Å². The Balaban J connectivity index is 1.12. The highest BCUT2D eigenvalue weighted by molar-refractivity contribution is 6.03. The SMILES string of the molecule is CCCCCc1cc(CCc2c(O)c(O)c3c(O)cccc3c2C=Cc2ccc(O)c(O)c2)ccc1CNC1CCOC2(CCCCC23CCCC3)C1. The van der Waals surface area contributed by atoms with Gasteiger partial charge in [0.2, 0.25) is 0 Å². The van der Waals surface area contributed by atoms with Crippen LogP contribution in [0.2, 0.25) is 0 Å². The number of benzene rings is 4. The lowest BCUT2D eigenvalue weighted by atomic mass is 9.59. The Kier molecular flexibility index (Phi) is 11.2. The normalized spacial score (nSPS) is 21.3. The number of phenolic OH excluding ortho intramolecular Hbond substituents is 5. The van der Waals surface area contributed by atoms with Crippen LogP contribution in [0.25, 0.3) is 22.9 Å². The zero-order chi connectivity index (χ0) is 37.0. The predicted molar refractivity (Wildman–Crippen MR) is 213 cm³/mol. The molecule has 4 aromatic carbocycles. The molecule has 1 saturated heterocycles. The van der Waals surface area contributed by atoms with Gasteiger partial charge < -0.3 is 35.6 Å². The highest BCUT2D eigenvalue weighted by Gasteiger charge is 2.56. The maximum absolute atomic E-state index is 11.4. The molecule has 7 rings (SSSR count). The number of hydrogen-bond acceptors (Lipinski definition) is 7. The number of unbranched alkanes of at least 4 members (excludes halogenated alkanes) is 2. The van der Waals surface area contributed by atoms with Gasteiger partial charge in [0.05, 0.1) is 11.0 Å². The van der Waals surface area contributed by atoms with Crippen LogP contribution in [0.4, 0.5) is 0 Å². The number of ether oxygens (including phenoxy) is 1. The maximum atomic E-state index is 11.4. The van der Waals surface area contributed by atoms with Gasteiger partial charge in [0.1, 0.15) is 5.75 Å². The molecule has 7 heteroatoms. The van der Waals surface area contributed by atoms with Crippen LogP contribution in [0.15, 0.2) is 54.6 Å². The molecule has 282 valence electrons. The first-order chi connectivity index (χ1) is 25.7. The Morgan fingerprint density at radius 1 is 0.755 bits per heavy atom. The van der Waals surface area contributed by atoms with Crippen LogP contribution in [0.3, 0.4) is 0 Å². The van der Waals surface area contributed by atoms with Crippen molar-refractivity contribution in [1.29, 1.82) is 0 Å². The van der Waals surface area contributed by atoms with E-state index in [-0.39, 0.29) is 39.7 Å². The van der Waals surface area contributed by atoms with Crippen molar-refractivity contribution in [2.24, 2.45) is 5.41 Å². The summed E-state index contributed by atoms with van der Waals surface area (Å²) in [5.41, 5.74) is 6.24. The van der Waals surface area contributed by atoms with Crippen molar-refractivity contribution in [3.63, 3.8) is 0 Å². The van der Waals surface area contributed by atoms with E-state index in [0.717, 1.165) is 38.8 Å². The van der Waals surface area contributed by atoms with Crippen LogP contribution >= 0.6 is 0 Å². The number of fused-ring (bicyclic) bond motifs is 2. The van der Waals surface area contributed by atoms with Crippen LogP contribution in [-0.2, 0) is 30.5 Å². The molecular weight excluding hydrogens is 663 g/mol. The summed E-state index contributed by atoms with van der Waals surface area (Å²) in [5, 5.41) is 57.8. The minimum absolute atomic E-state index is 0.0485. The number of rotatable bonds is 12. The summed E-state index contributed by atoms with van der Waals surface area (Å²) in [5.74, 6) is -1.13. The van der Waals surface area contributed by atoms with Crippen molar-refractivity contribution in [1.82, 2.24) is 5.32 Å². The average Bonchev–Trinajstić information content (AvgIpc) is 3.64. The second kappa shape index (κ2) is 16.0. The molecule has 2 atom stereocenters. The number of phenols is 5. The molecule has 6 N–H and O–H groups in total. The molecule has 7 nitrogen and oxygen atoms in total. The molecule has 0 radical (unpaired) electrons. The quantitative estimate of drug-likeness (QED) is 0.0490. The van der Waals surface area contributed by atoms with E-state index in [0.29, 0.717) is 46.4 Å². The van der Waals surface area contributed by atoms with Gasteiger partial charge in [-0.2, -0.15) is 0 Å². The molecule has 2 saturated carbocycles. The first-order valence-corrected chi connectivity index (χ1v) is 20.1. The number of aryl methyl sites for hydroxylation is 2. The van der Waals surface area contributed by atoms with Crippen LogP contribution in [0.1, 0.15) is 124 Å². The highest BCUT2D eigenvalue weighted by atomic mass is 16.5. The van der Waals surface area contributed by atoms with Crippen molar-refractivity contribution in [2.75, 3.05) is 6.61 Å². The Morgan fingerprint density at radius 2 is 1.55 bits per heavy atom. The first-order valence-electron chi connectivity index (χ1n) is 20.1. The van der Waals surface area contributed by atoms with E-state index < -0.39 is 0 Å². The summed E-state index contributed by atoms with van der Waals surface area (Å²) >= 11 is 0. The van der Waals surface area contributed by atoms with E-state index >= 15 is 0 Å². The third-order valence-corrected chi connectivity index (χ3v) is 12.8. The first kappa shape index (κ1) is 37.1. The van der Waals surface area contributed by atoms with Gasteiger partial charge in [0.25, 0.3) is 0 Å². The fraction of sp³-hybridized carbons (Fsp3) is 0.478. The molecule has 1 heterocycles. The van der Waals surface area contributed by atoms with E-state index in [1.165, 1.54) is 99.1 Å². The molecule has 2 spiro atoms. The van der Waals surface area contributed by atoms with E-state index in [4.69, 9.17) is 4.74 Å². The molecule has 0 aromatic heterocycles. The third-order valence-electron chi connectivity index (χ3n) is 12.8. The van der Waals surface area contributed by atoms with Gasteiger partial charge in [0.15, 0.2) is 23.0 Å². The van der Waals surface area contributed by atoms with Gasteiger partial charge in [0, 0.05) is 24.8 Å². The Hall–Kier alpha value is -4.20. The predicted octanol–water partition coefficient (Wildman–Crippen LogP) is 10.2. The van der Waals surface area contributed by atoms with Gasteiger partial charge in [-0.3, -0.25) is 0 Å². The number of nitrogens with one attached hydrogen (secondary N) is 1. The molecule has 3 aliphatic rings. The van der Waals surface area contributed by atoms with Crippen molar-refractivity contribution in [3.8, 4) is 28.7 Å². The van der Waals surface area contributed by atoms with Crippen molar-refractivity contribution < 1.29 is 30.3 Å².